The summed E-state index contributed by atoms with van der Waals surface area (Å²) >= 11 is 13.6. The molecule has 1 saturated heterocycles. The molecule has 2 atom stereocenters. The zero-order chi connectivity index (χ0) is 21.7. The Morgan fingerprint density at radius 2 is 1.90 bits per heavy atom. The van der Waals surface area contributed by atoms with Crippen molar-refractivity contribution < 1.29 is 21.6 Å². The number of rotatable bonds is 3. The van der Waals surface area contributed by atoms with Crippen LogP contribution in [-0.2, 0) is 21.8 Å². The van der Waals surface area contributed by atoms with Gasteiger partial charge in [0.1, 0.15) is 0 Å². The molecule has 2 aromatic carbocycles. The van der Waals surface area contributed by atoms with E-state index >= 15 is 0 Å². The number of hydrogen-bond donors (Lipinski definition) is 0. The van der Waals surface area contributed by atoms with Crippen LogP contribution in [0.25, 0.3) is 0 Å². The summed E-state index contributed by atoms with van der Waals surface area (Å²) in [5, 5.41) is 1.12. The summed E-state index contributed by atoms with van der Waals surface area (Å²) in [6.07, 6.45) is -4.55. The van der Waals surface area contributed by atoms with Gasteiger partial charge >= 0.3 is 6.18 Å². The Morgan fingerprint density at radius 3 is 2.60 bits per heavy atom. The largest absolute Gasteiger partial charge is 0.416 e. The minimum absolute atomic E-state index is 0.101. The van der Waals surface area contributed by atoms with Crippen LogP contribution in [0.1, 0.15) is 11.1 Å². The third kappa shape index (κ3) is 4.44. The van der Waals surface area contributed by atoms with Crippen molar-refractivity contribution in [3.8, 4) is 0 Å². The lowest BCUT2D eigenvalue weighted by atomic mass is 10.1. The maximum atomic E-state index is 13.3. The van der Waals surface area contributed by atoms with Crippen LogP contribution in [0.4, 0.5) is 18.9 Å². The van der Waals surface area contributed by atoms with Crippen LogP contribution in [-0.4, -0.2) is 37.2 Å². The molecule has 11 heteroatoms. The van der Waals surface area contributed by atoms with Crippen molar-refractivity contribution in [2.75, 3.05) is 16.4 Å². The van der Waals surface area contributed by atoms with E-state index in [2.05, 4.69) is 4.99 Å². The molecule has 2 unspecified atom stereocenters. The first-order chi connectivity index (χ1) is 14.0. The van der Waals surface area contributed by atoms with E-state index in [-0.39, 0.29) is 22.2 Å². The van der Waals surface area contributed by atoms with Gasteiger partial charge in [-0.3, -0.25) is 4.99 Å². The van der Waals surface area contributed by atoms with Gasteiger partial charge in [-0.25, -0.2) is 8.42 Å². The van der Waals surface area contributed by atoms with Crippen molar-refractivity contribution in [2.24, 2.45) is 4.99 Å². The van der Waals surface area contributed by atoms with E-state index in [1.807, 2.05) is 6.07 Å². The van der Waals surface area contributed by atoms with Crippen molar-refractivity contribution in [2.45, 2.75) is 24.0 Å². The number of hydrogen-bond acceptors (Lipinski definition) is 5. The van der Waals surface area contributed by atoms with Crippen molar-refractivity contribution >= 4 is 55.7 Å². The molecule has 1 fully saturated rings. The Morgan fingerprint density at radius 1 is 1.13 bits per heavy atom. The molecule has 0 amide bonds. The van der Waals surface area contributed by atoms with Gasteiger partial charge in [0.15, 0.2) is 15.0 Å². The molecule has 0 saturated carbocycles. The van der Waals surface area contributed by atoms with E-state index in [1.54, 1.807) is 23.1 Å². The van der Waals surface area contributed by atoms with Gasteiger partial charge in [-0.15, -0.1) is 0 Å². The number of amidine groups is 1. The molecule has 2 aliphatic rings. The number of fused-ring (bicyclic) bond motifs is 1. The number of sulfone groups is 1. The van der Waals surface area contributed by atoms with Gasteiger partial charge in [-0.1, -0.05) is 47.1 Å². The maximum Gasteiger partial charge on any atom is 0.416 e. The Labute approximate surface area is 186 Å². The standard InChI is InChI=1S/C19H15Cl2F3N2O2S2/c20-13-3-1-2-11(6-13)8-29-18-25-15-9-30(27,28)10-17(15)26(18)16-7-12(19(22,23)24)4-5-14(16)21/h1-7,15,17H,8-10H2. The highest BCUT2D eigenvalue weighted by molar-refractivity contribution is 8.13. The van der Waals surface area contributed by atoms with Crippen LogP contribution < -0.4 is 4.90 Å². The molecular weight excluding hydrogens is 480 g/mol. The smallest absolute Gasteiger partial charge is 0.313 e. The number of aliphatic imine (C=N–C) groups is 1. The number of nitrogens with zero attached hydrogens (tertiary/aromatic N) is 2. The molecule has 30 heavy (non-hydrogen) atoms. The van der Waals surface area contributed by atoms with Crippen LogP contribution >= 0.6 is 35.0 Å². The van der Waals surface area contributed by atoms with Gasteiger partial charge < -0.3 is 4.90 Å². The minimum Gasteiger partial charge on any atom is -0.313 e. The van der Waals surface area contributed by atoms with Crippen LogP contribution in [0, 0.1) is 0 Å². The first-order valence-corrected chi connectivity index (χ1v) is 12.4. The van der Waals surface area contributed by atoms with Gasteiger partial charge in [-0.05, 0) is 35.9 Å². The fourth-order valence-corrected chi connectivity index (χ4v) is 6.89. The number of halogens is 5. The predicted molar refractivity (Wildman–Crippen MR) is 115 cm³/mol. The summed E-state index contributed by atoms with van der Waals surface area (Å²) in [7, 11) is -3.33. The molecule has 0 spiro atoms. The second-order valence-electron chi connectivity index (χ2n) is 7.08. The molecular formula is C19H15Cl2F3N2O2S2. The zero-order valence-corrected chi connectivity index (χ0v) is 18.4. The van der Waals surface area contributed by atoms with E-state index in [0.29, 0.717) is 15.9 Å². The van der Waals surface area contributed by atoms with E-state index in [0.717, 1.165) is 17.7 Å². The summed E-state index contributed by atoms with van der Waals surface area (Å²) in [4.78, 5) is 6.07. The second-order valence-corrected chi connectivity index (χ2v) is 11.0. The average Bonchev–Trinajstić information content (AvgIpc) is 3.11. The first kappa shape index (κ1) is 21.8. The molecule has 2 aromatic rings. The minimum atomic E-state index is -4.55. The van der Waals surface area contributed by atoms with Crippen molar-refractivity contribution in [1.29, 1.82) is 0 Å². The molecule has 4 rings (SSSR count). The predicted octanol–water partition coefficient (Wildman–Crippen LogP) is 5.29. The summed E-state index contributed by atoms with van der Waals surface area (Å²) in [6, 6.07) is 9.12. The Balaban J connectivity index is 1.70. The number of alkyl halides is 3. The molecule has 0 bridgehead atoms. The second kappa shape index (κ2) is 7.93. The lowest BCUT2D eigenvalue weighted by molar-refractivity contribution is -0.137. The summed E-state index contributed by atoms with van der Waals surface area (Å²) in [6.45, 7) is 0. The molecule has 0 aromatic heterocycles. The Bertz CT molecular complexity index is 1120. The van der Waals surface area contributed by atoms with Crippen LogP contribution in [0.2, 0.25) is 10.0 Å². The highest BCUT2D eigenvalue weighted by Gasteiger charge is 2.48. The van der Waals surface area contributed by atoms with Gasteiger partial charge in [0.2, 0.25) is 0 Å². The molecule has 160 valence electrons. The molecule has 0 N–H and O–H groups in total. The molecule has 2 aliphatic heterocycles. The SMILES string of the molecule is O=S1(=O)CC2N=C(SCc3cccc(Cl)c3)N(c3cc(C(F)(F)F)ccc3Cl)C2C1. The lowest BCUT2D eigenvalue weighted by Gasteiger charge is -2.28. The monoisotopic (exact) mass is 494 g/mol. The van der Waals surface area contributed by atoms with Crippen molar-refractivity contribution in [1.82, 2.24) is 0 Å². The number of benzene rings is 2. The molecule has 2 heterocycles. The average molecular weight is 495 g/mol. The van der Waals surface area contributed by atoms with Crippen LogP contribution in [0.3, 0.4) is 0 Å². The highest BCUT2D eigenvalue weighted by Crippen LogP contribution is 2.41. The summed E-state index contributed by atoms with van der Waals surface area (Å²) < 4.78 is 64.1. The van der Waals surface area contributed by atoms with E-state index in [1.165, 1.54) is 17.8 Å². The first-order valence-electron chi connectivity index (χ1n) is 8.85. The van der Waals surface area contributed by atoms with Crippen molar-refractivity contribution in [3.05, 3.63) is 63.6 Å². The van der Waals surface area contributed by atoms with Crippen LogP contribution in [0.15, 0.2) is 47.5 Å². The Hall–Kier alpha value is -1.42. The van der Waals surface area contributed by atoms with E-state index in [4.69, 9.17) is 23.2 Å². The fourth-order valence-electron chi connectivity index (χ4n) is 3.56. The third-order valence-corrected chi connectivity index (χ3v) is 8.19. The highest BCUT2D eigenvalue weighted by atomic mass is 35.5. The van der Waals surface area contributed by atoms with E-state index in [9.17, 15) is 21.6 Å². The number of anilines is 1. The summed E-state index contributed by atoms with van der Waals surface area (Å²) in [5.41, 5.74) is 0.161. The number of thioether (sulfide) groups is 1. The van der Waals surface area contributed by atoms with Gasteiger partial charge in [-0.2, -0.15) is 13.2 Å². The van der Waals surface area contributed by atoms with Crippen molar-refractivity contribution in [3.63, 3.8) is 0 Å². The topological polar surface area (TPSA) is 49.7 Å². The van der Waals surface area contributed by atoms with Gasteiger partial charge in [0, 0.05) is 10.8 Å². The lowest BCUT2D eigenvalue weighted by Crippen LogP contribution is -2.39. The Kier molecular flexibility index (Phi) is 5.76. The fraction of sp³-hybridized carbons (Fsp3) is 0.316. The van der Waals surface area contributed by atoms with E-state index < -0.39 is 33.7 Å². The molecule has 0 radical (unpaired) electrons. The summed E-state index contributed by atoms with van der Waals surface area (Å²) in [5.74, 6) is 0.152. The van der Waals surface area contributed by atoms with Crippen LogP contribution in [0.5, 0.6) is 0 Å². The maximum absolute atomic E-state index is 13.3. The van der Waals surface area contributed by atoms with Gasteiger partial charge in [0.05, 0.1) is 39.9 Å². The van der Waals surface area contributed by atoms with Gasteiger partial charge in [0.25, 0.3) is 0 Å². The quantitative estimate of drug-likeness (QED) is 0.581. The zero-order valence-electron chi connectivity index (χ0n) is 15.2. The molecule has 4 nitrogen and oxygen atoms in total. The third-order valence-electron chi connectivity index (χ3n) is 4.90. The molecule has 0 aliphatic carbocycles. The normalized spacial score (nSPS) is 22.8.